The molecule has 0 N–H and O–H groups in total. The van der Waals surface area contributed by atoms with E-state index in [4.69, 9.17) is 4.74 Å². The third-order valence-corrected chi connectivity index (χ3v) is 4.62. The van der Waals surface area contributed by atoms with E-state index < -0.39 is 0 Å². The van der Waals surface area contributed by atoms with Crippen LogP contribution in [0.3, 0.4) is 0 Å². The third-order valence-electron chi connectivity index (χ3n) is 4.15. The van der Waals surface area contributed by atoms with Crippen molar-refractivity contribution in [1.82, 2.24) is 9.88 Å². The molecule has 25 heavy (non-hydrogen) atoms. The second-order valence-electron chi connectivity index (χ2n) is 5.97. The van der Waals surface area contributed by atoms with Crippen LogP contribution in [0.25, 0.3) is 0 Å². The minimum Gasteiger partial charge on any atom is -0.472 e. The number of aromatic nitrogens is 1. The Labute approximate surface area is 155 Å². The Hall–Kier alpha value is -2.21. The molecule has 0 saturated carbocycles. The first-order valence-electron chi connectivity index (χ1n) is 8.26. The largest absolute Gasteiger partial charge is 0.472 e. The highest BCUT2D eigenvalue weighted by molar-refractivity contribution is 9.10. The van der Waals surface area contributed by atoms with Crippen LogP contribution in [0.15, 0.2) is 53.1 Å². The lowest BCUT2D eigenvalue weighted by Crippen LogP contribution is -2.31. The molecule has 1 amide bonds. The molecule has 1 saturated heterocycles. The number of rotatable bonds is 6. The smallest absolute Gasteiger partial charge is 0.223 e. The van der Waals surface area contributed by atoms with E-state index in [-0.39, 0.29) is 30.6 Å². The quantitative estimate of drug-likeness (QED) is 0.693. The first kappa shape index (κ1) is 17.6. The predicted molar refractivity (Wildman–Crippen MR) is 97.6 cm³/mol. The molecule has 5 nitrogen and oxygen atoms in total. The van der Waals surface area contributed by atoms with Crippen LogP contribution in [0.5, 0.6) is 5.88 Å². The van der Waals surface area contributed by atoms with Gasteiger partial charge in [-0.25, -0.2) is 4.98 Å². The number of benzene rings is 1. The Morgan fingerprint density at radius 2 is 1.96 bits per heavy atom. The summed E-state index contributed by atoms with van der Waals surface area (Å²) in [4.78, 5) is 30.4. The number of nitrogens with zero attached hydrogens (tertiary/aromatic N) is 2. The summed E-state index contributed by atoms with van der Waals surface area (Å²) in [6.45, 7) is 1.19. The summed E-state index contributed by atoms with van der Waals surface area (Å²) in [6.07, 6.45) is 2.87. The molecule has 1 atom stereocenters. The van der Waals surface area contributed by atoms with Gasteiger partial charge in [-0.1, -0.05) is 30.3 Å². The zero-order chi connectivity index (χ0) is 17.6. The van der Waals surface area contributed by atoms with Crippen molar-refractivity contribution in [3.8, 4) is 5.88 Å². The number of halogens is 1. The molecule has 3 rings (SSSR count). The number of carbonyl (C=O) groups is 2. The van der Waals surface area contributed by atoms with Crippen LogP contribution in [0.1, 0.15) is 29.6 Å². The number of hydrogen-bond donors (Lipinski definition) is 0. The molecule has 0 bridgehead atoms. The molecule has 130 valence electrons. The fraction of sp³-hybridized carbons (Fsp3) is 0.316. The molecular weight excluding hydrogens is 384 g/mol. The fourth-order valence-corrected chi connectivity index (χ4v) is 3.04. The van der Waals surface area contributed by atoms with Gasteiger partial charge in [-0.15, -0.1) is 0 Å². The van der Waals surface area contributed by atoms with E-state index in [0.29, 0.717) is 24.5 Å². The van der Waals surface area contributed by atoms with Crippen LogP contribution in [-0.4, -0.2) is 40.8 Å². The Bertz CT molecular complexity index is 734. The van der Waals surface area contributed by atoms with Crippen molar-refractivity contribution in [1.29, 1.82) is 0 Å². The van der Waals surface area contributed by atoms with Crippen LogP contribution in [0.2, 0.25) is 0 Å². The van der Waals surface area contributed by atoms with Crippen LogP contribution >= 0.6 is 15.9 Å². The number of pyridine rings is 1. The van der Waals surface area contributed by atoms with Gasteiger partial charge in [-0.2, -0.15) is 0 Å². The van der Waals surface area contributed by atoms with Crippen LogP contribution in [0, 0.1) is 0 Å². The van der Waals surface area contributed by atoms with E-state index in [2.05, 4.69) is 20.9 Å². The second-order valence-corrected chi connectivity index (χ2v) is 6.89. The highest BCUT2D eigenvalue weighted by atomic mass is 79.9. The maximum absolute atomic E-state index is 12.3. The Morgan fingerprint density at radius 1 is 1.16 bits per heavy atom. The molecule has 1 aromatic carbocycles. The van der Waals surface area contributed by atoms with E-state index in [1.54, 1.807) is 29.3 Å². The predicted octanol–water partition coefficient (Wildman–Crippen LogP) is 3.49. The van der Waals surface area contributed by atoms with Crippen LogP contribution < -0.4 is 4.74 Å². The van der Waals surface area contributed by atoms with E-state index in [1.807, 2.05) is 24.3 Å². The van der Waals surface area contributed by atoms with Gasteiger partial charge in [0.2, 0.25) is 11.8 Å². The summed E-state index contributed by atoms with van der Waals surface area (Å²) in [5.41, 5.74) is 0.652. The average Bonchev–Trinajstić information content (AvgIpc) is 3.10. The first-order valence-corrected chi connectivity index (χ1v) is 9.05. The van der Waals surface area contributed by atoms with E-state index in [9.17, 15) is 9.59 Å². The van der Waals surface area contributed by atoms with Crippen molar-refractivity contribution in [2.75, 3.05) is 13.1 Å². The standard InChI is InChI=1S/C19H19BrN2O3/c20-15-6-8-18(21-12-15)25-16-10-11-22(13-16)19(24)9-7-17(23)14-4-2-1-3-5-14/h1-6,8,12,16H,7,9-11,13H2. The average molecular weight is 403 g/mol. The topological polar surface area (TPSA) is 59.5 Å². The lowest BCUT2D eigenvalue weighted by atomic mass is 10.1. The van der Waals surface area contributed by atoms with Crippen molar-refractivity contribution < 1.29 is 14.3 Å². The zero-order valence-electron chi connectivity index (χ0n) is 13.7. The molecule has 1 aliphatic rings. The summed E-state index contributed by atoms with van der Waals surface area (Å²) in [5.74, 6) is 0.556. The molecule has 1 unspecified atom stereocenters. The molecule has 0 spiro atoms. The van der Waals surface area contributed by atoms with Gasteiger partial charge < -0.3 is 9.64 Å². The molecule has 2 heterocycles. The molecule has 1 aliphatic heterocycles. The number of ether oxygens (including phenoxy) is 1. The molecule has 1 aromatic heterocycles. The minimum atomic E-state index is -0.0533. The molecule has 0 aliphatic carbocycles. The van der Waals surface area contributed by atoms with Gasteiger partial charge in [0.15, 0.2) is 5.78 Å². The minimum absolute atomic E-state index is 0.00000872. The van der Waals surface area contributed by atoms with Crippen LogP contribution in [0.4, 0.5) is 0 Å². The van der Waals surface area contributed by atoms with Gasteiger partial charge in [0.25, 0.3) is 0 Å². The Morgan fingerprint density at radius 3 is 2.68 bits per heavy atom. The molecule has 1 fully saturated rings. The van der Waals surface area contributed by atoms with Crippen molar-refractivity contribution in [3.63, 3.8) is 0 Å². The SMILES string of the molecule is O=C(CCC(=O)N1CCC(Oc2ccc(Br)cn2)C1)c1ccccc1. The Kier molecular flexibility index (Phi) is 5.81. The van der Waals surface area contributed by atoms with Crippen molar-refractivity contribution in [3.05, 3.63) is 58.7 Å². The number of hydrogen-bond acceptors (Lipinski definition) is 4. The molecule has 0 radical (unpaired) electrons. The van der Waals surface area contributed by atoms with Crippen molar-refractivity contribution in [2.24, 2.45) is 0 Å². The van der Waals surface area contributed by atoms with Gasteiger partial charge >= 0.3 is 0 Å². The maximum Gasteiger partial charge on any atom is 0.223 e. The molecule has 6 heteroatoms. The number of carbonyl (C=O) groups excluding carboxylic acids is 2. The Balaban J connectivity index is 1.46. The maximum atomic E-state index is 12.3. The molecular formula is C19H19BrN2O3. The number of Topliss-reactive ketones (excluding diaryl/α,β-unsaturated/α-hetero) is 1. The van der Waals surface area contributed by atoms with Gasteiger partial charge in [0, 0.05) is 48.1 Å². The van der Waals surface area contributed by atoms with Gasteiger partial charge in [-0.3, -0.25) is 9.59 Å². The zero-order valence-corrected chi connectivity index (χ0v) is 15.3. The second kappa shape index (κ2) is 8.25. The van der Waals surface area contributed by atoms with Gasteiger partial charge in [-0.05, 0) is 22.0 Å². The highest BCUT2D eigenvalue weighted by Crippen LogP contribution is 2.19. The lowest BCUT2D eigenvalue weighted by Gasteiger charge is -2.17. The number of amides is 1. The number of ketones is 1. The lowest BCUT2D eigenvalue weighted by molar-refractivity contribution is -0.130. The molecule has 2 aromatic rings. The van der Waals surface area contributed by atoms with E-state index >= 15 is 0 Å². The van der Waals surface area contributed by atoms with Crippen molar-refractivity contribution in [2.45, 2.75) is 25.4 Å². The van der Waals surface area contributed by atoms with Gasteiger partial charge in [0.1, 0.15) is 6.10 Å². The summed E-state index contributed by atoms with van der Waals surface area (Å²) in [5, 5.41) is 0. The highest BCUT2D eigenvalue weighted by Gasteiger charge is 2.28. The van der Waals surface area contributed by atoms with Crippen molar-refractivity contribution >= 4 is 27.6 Å². The monoisotopic (exact) mass is 402 g/mol. The van der Waals surface area contributed by atoms with Crippen LogP contribution in [-0.2, 0) is 4.79 Å². The van der Waals surface area contributed by atoms with E-state index in [1.165, 1.54) is 0 Å². The summed E-state index contributed by atoms with van der Waals surface area (Å²) in [7, 11) is 0. The van der Waals surface area contributed by atoms with E-state index in [0.717, 1.165) is 10.9 Å². The summed E-state index contributed by atoms with van der Waals surface area (Å²) < 4.78 is 6.71. The van der Waals surface area contributed by atoms with Gasteiger partial charge in [0.05, 0.1) is 6.54 Å². The third kappa shape index (κ3) is 4.89. The number of likely N-dealkylation sites (tertiary alicyclic amines) is 1. The first-order chi connectivity index (χ1) is 12.1. The summed E-state index contributed by atoms with van der Waals surface area (Å²) >= 11 is 3.33. The normalized spacial score (nSPS) is 16.7. The fourth-order valence-electron chi connectivity index (χ4n) is 2.80. The summed E-state index contributed by atoms with van der Waals surface area (Å²) in [6, 6.07) is 12.7.